The topological polar surface area (TPSA) is 50.9 Å². The van der Waals surface area contributed by atoms with E-state index in [2.05, 4.69) is 10.3 Å². The summed E-state index contributed by atoms with van der Waals surface area (Å²) in [6.45, 7) is 1.93. The van der Waals surface area contributed by atoms with Gasteiger partial charge >= 0.3 is 0 Å². The lowest BCUT2D eigenvalue weighted by molar-refractivity contribution is 0.318. The van der Waals surface area contributed by atoms with Crippen LogP contribution in [0.4, 0.5) is 0 Å². The van der Waals surface area contributed by atoms with E-state index in [1.54, 1.807) is 11.6 Å². The highest BCUT2D eigenvalue weighted by molar-refractivity contribution is 5.28. The molecule has 2 heterocycles. The highest BCUT2D eigenvalue weighted by Crippen LogP contribution is 2.10. The number of hydrogen-bond donors (Lipinski definition) is 1. The lowest BCUT2D eigenvalue weighted by atomic mass is 10.9. The van der Waals surface area contributed by atoms with E-state index >= 15 is 0 Å². The number of fused-ring (bicyclic) bond motifs is 1. The second kappa shape index (κ2) is 1.92. The minimum Gasteiger partial charge on any atom is -0.397 e. The van der Waals surface area contributed by atoms with Crippen molar-refractivity contribution >= 4 is 0 Å². The van der Waals surface area contributed by atoms with Crippen molar-refractivity contribution in [3.63, 3.8) is 0 Å². The summed E-state index contributed by atoms with van der Waals surface area (Å²) in [6.07, 6.45) is 1.86. The van der Waals surface area contributed by atoms with Gasteiger partial charge < -0.3 is 5.11 Å². The van der Waals surface area contributed by atoms with Crippen molar-refractivity contribution in [2.24, 2.45) is 0 Å². The maximum Gasteiger partial charge on any atom is 0.197 e. The van der Waals surface area contributed by atoms with Crippen LogP contribution in [0, 0.1) is 0 Å². The van der Waals surface area contributed by atoms with E-state index in [0.717, 1.165) is 5.82 Å². The molecule has 0 aromatic heterocycles. The number of aromatic nitrogens is 3. The average molecular weight is 113 g/mol. The zero-order valence-corrected chi connectivity index (χ0v) is 4.57. The van der Waals surface area contributed by atoms with Crippen LogP contribution in [-0.2, 0) is 0 Å². The summed E-state index contributed by atoms with van der Waals surface area (Å²) in [5.41, 5.74) is 0. The summed E-state index contributed by atoms with van der Waals surface area (Å²) in [7, 11) is 0. The van der Waals surface area contributed by atoms with Crippen LogP contribution < -0.4 is 0 Å². The first-order valence-corrected chi connectivity index (χ1v) is 2.42. The van der Waals surface area contributed by atoms with Crippen LogP contribution in [0.5, 0.6) is 0 Å². The molecule has 4 heteroatoms. The van der Waals surface area contributed by atoms with E-state index in [4.69, 9.17) is 5.11 Å². The Kier molecular flexibility index (Phi) is 1.26. The molecule has 8 heavy (non-hydrogen) atoms. The number of rotatable bonds is 0. The van der Waals surface area contributed by atoms with Crippen LogP contribution in [0.2, 0.25) is 0 Å². The Morgan fingerprint density at radius 2 is 2.38 bits per heavy atom. The Morgan fingerprint density at radius 3 is 2.38 bits per heavy atom. The average Bonchev–Trinajstić information content (AvgIpc) is 2.16. The summed E-state index contributed by atoms with van der Waals surface area (Å²) >= 11 is 0. The first-order valence-electron chi connectivity index (χ1n) is 2.42. The molecular formula is C4H7N3O. The predicted octanol–water partition coefficient (Wildman–Crippen LogP) is -0.421. The van der Waals surface area contributed by atoms with Gasteiger partial charge in [-0.1, -0.05) is 5.21 Å². The molecule has 2 rings (SSSR count). The van der Waals surface area contributed by atoms with Gasteiger partial charge in [0.05, 0.1) is 6.20 Å². The first kappa shape index (κ1) is 5.24. The molecule has 0 radical (unpaired) electrons. The van der Waals surface area contributed by atoms with Gasteiger partial charge in [0, 0.05) is 6.61 Å². The van der Waals surface area contributed by atoms with Crippen LogP contribution in [0.25, 0.3) is 5.82 Å². The molecule has 0 atom stereocenters. The van der Waals surface area contributed by atoms with Crippen LogP contribution >= 0.6 is 0 Å². The fourth-order valence-corrected chi connectivity index (χ4v) is 0.280. The molecule has 0 fully saturated rings. The first-order chi connectivity index (χ1) is 3.88. The molecule has 0 bridgehead atoms. The van der Waals surface area contributed by atoms with Crippen LogP contribution in [-0.4, -0.2) is 26.7 Å². The predicted molar refractivity (Wildman–Crippen MR) is 27.7 cm³/mol. The molecule has 0 amide bonds. The van der Waals surface area contributed by atoms with Crippen molar-refractivity contribution in [3.05, 3.63) is 6.20 Å². The van der Waals surface area contributed by atoms with Gasteiger partial charge in [-0.15, -0.1) is 5.10 Å². The van der Waals surface area contributed by atoms with E-state index in [0.29, 0.717) is 0 Å². The maximum atomic E-state index is 7.57. The van der Waals surface area contributed by atoms with E-state index < -0.39 is 0 Å². The zero-order valence-electron chi connectivity index (χ0n) is 4.57. The standard InChI is InChI=1S/C2HN3.C2H6O/c1-2-3-4-5(1)2;1-2-3/h1H;3H,2H2,1H3. The van der Waals surface area contributed by atoms with Crippen LogP contribution in [0.1, 0.15) is 6.92 Å². The largest absolute Gasteiger partial charge is 0.397 e. The highest BCUT2D eigenvalue weighted by Gasteiger charge is 2.14. The number of aliphatic hydroxyl groups is 1. The van der Waals surface area contributed by atoms with Crippen molar-refractivity contribution in [1.82, 2.24) is 15.0 Å². The number of hydrogen-bond acceptors (Lipinski definition) is 3. The second-order valence-electron chi connectivity index (χ2n) is 1.34. The van der Waals surface area contributed by atoms with Gasteiger partial charge in [0.25, 0.3) is 0 Å². The minimum absolute atomic E-state index is 0.250. The lowest BCUT2D eigenvalue weighted by Gasteiger charge is -1.78. The highest BCUT2D eigenvalue weighted by atomic mass is 16.2. The summed E-state index contributed by atoms with van der Waals surface area (Å²) in [5, 5.41) is 14.6. The van der Waals surface area contributed by atoms with Crippen molar-refractivity contribution in [3.8, 4) is 5.82 Å². The summed E-state index contributed by atoms with van der Waals surface area (Å²) in [4.78, 5) is 0. The van der Waals surface area contributed by atoms with Crippen LogP contribution in [0.3, 0.4) is 0 Å². The fourth-order valence-electron chi connectivity index (χ4n) is 0.280. The summed E-state index contributed by atoms with van der Waals surface area (Å²) < 4.78 is 1.72. The SMILES string of the molecule is CCO.c1c2nnn1-2. The van der Waals surface area contributed by atoms with Crippen molar-refractivity contribution in [1.29, 1.82) is 0 Å². The molecule has 44 valence electrons. The Labute approximate surface area is 46.8 Å². The molecule has 0 aromatic rings. The van der Waals surface area contributed by atoms with E-state index in [9.17, 15) is 0 Å². The van der Waals surface area contributed by atoms with Crippen molar-refractivity contribution in [2.75, 3.05) is 6.61 Å². The van der Waals surface area contributed by atoms with Crippen LogP contribution in [0.15, 0.2) is 6.20 Å². The molecule has 2 aliphatic heterocycles. The molecule has 0 saturated heterocycles. The van der Waals surface area contributed by atoms with Gasteiger partial charge in [0.1, 0.15) is 0 Å². The molecule has 0 aliphatic carbocycles. The van der Waals surface area contributed by atoms with Crippen molar-refractivity contribution < 1.29 is 5.11 Å². The molecule has 2 aliphatic rings. The zero-order chi connectivity index (χ0) is 5.98. The van der Waals surface area contributed by atoms with Gasteiger partial charge in [0.15, 0.2) is 5.82 Å². The molecule has 1 N–H and O–H groups in total. The second-order valence-corrected chi connectivity index (χ2v) is 1.34. The van der Waals surface area contributed by atoms with Gasteiger partial charge in [0.2, 0.25) is 0 Å². The summed E-state index contributed by atoms with van der Waals surface area (Å²) in [6, 6.07) is 0. The molecule has 0 aromatic carbocycles. The maximum absolute atomic E-state index is 7.57. The van der Waals surface area contributed by atoms with E-state index in [1.165, 1.54) is 0 Å². The quantitative estimate of drug-likeness (QED) is 0.504. The van der Waals surface area contributed by atoms with Gasteiger partial charge in [-0.2, -0.15) is 4.68 Å². The third-order valence-electron chi connectivity index (χ3n) is 0.648. The van der Waals surface area contributed by atoms with Gasteiger partial charge in [-0.05, 0) is 6.92 Å². The molecular weight excluding hydrogens is 106 g/mol. The van der Waals surface area contributed by atoms with Gasteiger partial charge in [-0.3, -0.25) is 0 Å². The third-order valence-corrected chi connectivity index (χ3v) is 0.648. The molecule has 0 spiro atoms. The normalized spacial score (nSPS) is 9.75. The monoisotopic (exact) mass is 113 g/mol. The third kappa shape index (κ3) is 0.840. The van der Waals surface area contributed by atoms with Gasteiger partial charge in [-0.25, -0.2) is 0 Å². The fraction of sp³-hybridized carbons (Fsp3) is 0.500. The van der Waals surface area contributed by atoms with E-state index in [-0.39, 0.29) is 6.61 Å². The molecule has 0 unspecified atom stereocenters. The number of nitrogens with zero attached hydrogens (tertiary/aromatic N) is 3. The Bertz CT molecular complexity index is 148. The smallest absolute Gasteiger partial charge is 0.197 e. The number of aliphatic hydroxyl groups excluding tert-OH is 1. The summed E-state index contributed by atoms with van der Waals surface area (Å²) in [5.74, 6) is 1.02. The Hall–Kier alpha value is -0.900. The molecule has 0 saturated carbocycles. The van der Waals surface area contributed by atoms with Crippen molar-refractivity contribution in [2.45, 2.75) is 6.92 Å². The lowest BCUT2D eigenvalue weighted by Crippen LogP contribution is -1.92. The Balaban J connectivity index is 0.0000000960. The Morgan fingerprint density at radius 1 is 1.88 bits per heavy atom. The molecule has 4 nitrogen and oxygen atoms in total. The van der Waals surface area contributed by atoms with E-state index in [1.807, 2.05) is 6.20 Å². The minimum atomic E-state index is 0.250.